The van der Waals surface area contributed by atoms with Crippen molar-refractivity contribution in [3.05, 3.63) is 35.4 Å². The smallest absolute Gasteiger partial charge is 0.161 e. The van der Waals surface area contributed by atoms with Gasteiger partial charge in [0.25, 0.3) is 0 Å². The molecule has 3 aliphatic heterocycles. The van der Waals surface area contributed by atoms with Crippen molar-refractivity contribution in [3.63, 3.8) is 0 Å². The van der Waals surface area contributed by atoms with Gasteiger partial charge >= 0.3 is 0 Å². The summed E-state index contributed by atoms with van der Waals surface area (Å²) in [6.07, 6.45) is -7.46. The first-order valence-corrected chi connectivity index (χ1v) is 19.1. The van der Waals surface area contributed by atoms with Crippen LogP contribution in [-0.2, 0) is 33.2 Å². The summed E-state index contributed by atoms with van der Waals surface area (Å²) in [4.78, 5) is 13.9. The molecule has 7 rings (SSSR count). The van der Waals surface area contributed by atoms with E-state index in [1.807, 2.05) is 25.9 Å². The highest BCUT2D eigenvalue weighted by molar-refractivity contribution is 6.15. The Morgan fingerprint density at radius 3 is 2.16 bits per heavy atom. The molecule has 302 valence electrons. The molecule has 0 amide bonds. The van der Waals surface area contributed by atoms with Gasteiger partial charge in [0.05, 0.1) is 40.8 Å². The first-order chi connectivity index (χ1) is 26.0. The van der Waals surface area contributed by atoms with Gasteiger partial charge in [-0.1, -0.05) is 19.1 Å². The van der Waals surface area contributed by atoms with Crippen molar-refractivity contribution in [1.29, 1.82) is 0 Å². The van der Waals surface area contributed by atoms with Gasteiger partial charge in [0.1, 0.15) is 47.4 Å². The second kappa shape index (κ2) is 15.2. The molecule has 3 aromatic rings. The lowest BCUT2D eigenvalue weighted by molar-refractivity contribution is -0.325. The number of phenolic OH excluding ortho intramolecular Hbond substituents is 4. The summed E-state index contributed by atoms with van der Waals surface area (Å²) in [7, 11) is 3.79. The zero-order valence-electron chi connectivity index (χ0n) is 31.9. The number of aliphatic hydroxyl groups is 3. The molecule has 0 spiro atoms. The SMILES string of the molecule is CC[C@@]1(O)C[C@H](O[C@H]2C[C@H](N(C)C)[C@H](O[C@H]3C[C@H](O)[C@@H](O[C@H]4CCC(=O)[C@@H](C)O4)[C@H](C)O3)[C@H](C)O2)c2c(cc3c(O)c4cccc(O)c4c(O)c3c2O)[C@H]1O. The van der Waals surface area contributed by atoms with E-state index in [4.69, 9.17) is 28.4 Å². The third-order valence-corrected chi connectivity index (χ3v) is 12.0. The molecular formula is C40H53NO14. The van der Waals surface area contributed by atoms with Crippen LogP contribution in [0.3, 0.4) is 0 Å². The summed E-state index contributed by atoms with van der Waals surface area (Å²) in [5.74, 6) is -1.54. The number of carbonyl (C=O) groups excluding carboxylic acids is 1. The van der Waals surface area contributed by atoms with E-state index in [2.05, 4.69) is 0 Å². The standard InChI is InChI=1S/C40H53NO14/c1-7-40(49)16-27(32-22(39(40)48)13-21-33(36(32)47)35(46)31-20(34(21)45)9-8-10-25(31)43)53-29-14-23(41(5)6)37(18(3)51-29)55-30-15-26(44)38(19(4)52-30)54-28-12-11-24(42)17(2)50-28/h8-10,13,17-19,23,26-30,37-39,43-49H,7,11-12,14-16H2,1-6H3/t17-,18+,19+,23+,26+,27+,28+,29+,30+,37-,38+,39-,40-/m1/s1. The van der Waals surface area contributed by atoms with E-state index in [1.165, 1.54) is 24.3 Å². The Morgan fingerprint density at radius 1 is 0.836 bits per heavy atom. The molecular weight excluding hydrogens is 718 g/mol. The molecule has 0 saturated carbocycles. The zero-order chi connectivity index (χ0) is 39.7. The van der Waals surface area contributed by atoms with E-state index >= 15 is 0 Å². The predicted molar refractivity (Wildman–Crippen MR) is 196 cm³/mol. The van der Waals surface area contributed by atoms with Crippen LogP contribution in [0, 0.1) is 0 Å². The summed E-state index contributed by atoms with van der Waals surface area (Å²) in [6, 6.07) is 5.52. The van der Waals surface area contributed by atoms with Crippen LogP contribution in [0.25, 0.3) is 21.5 Å². The van der Waals surface area contributed by atoms with Crippen LogP contribution in [0.15, 0.2) is 24.3 Å². The summed E-state index contributed by atoms with van der Waals surface area (Å²) in [5, 5.41) is 79.4. The molecule has 3 saturated heterocycles. The number of Topliss-reactive ketones (excluding diaryl/α,β-unsaturated/α-hetero) is 1. The minimum absolute atomic E-state index is 0.0162. The van der Waals surface area contributed by atoms with Gasteiger partial charge in [-0.05, 0) is 59.0 Å². The van der Waals surface area contributed by atoms with E-state index in [1.54, 1.807) is 20.8 Å². The van der Waals surface area contributed by atoms with Crippen molar-refractivity contribution in [2.45, 2.75) is 146 Å². The lowest BCUT2D eigenvalue weighted by atomic mass is 9.73. The number of hydrogen-bond acceptors (Lipinski definition) is 15. The van der Waals surface area contributed by atoms with Crippen LogP contribution < -0.4 is 0 Å². The van der Waals surface area contributed by atoms with Crippen LogP contribution >= 0.6 is 0 Å². The molecule has 7 N–H and O–H groups in total. The number of hydrogen-bond donors (Lipinski definition) is 7. The molecule has 3 heterocycles. The summed E-state index contributed by atoms with van der Waals surface area (Å²) in [6.45, 7) is 7.03. The van der Waals surface area contributed by atoms with Crippen molar-refractivity contribution in [2.75, 3.05) is 14.1 Å². The lowest BCUT2D eigenvalue weighted by Crippen LogP contribution is -2.58. The fourth-order valence-corrected chi connectivity index (χ4v) is 8.81. The van der Waals surface area contributed by atoms with Gasteiger partial charge in [-0.3, -0.25) is 4.79 Å². The second-order valence-electron chi connectivity index (χ2n) is 15.8. The van der Waals surface area contributed by atoms with Gasteiger partial charge in [0, 0.05) is 54.5 Å². The van der Waals surface area contributed by atoms with Crippen LogP contribution in [-0.4, -0.2) is 128 Å². The fourth-order valence-electron chi connectivity index (χ4n) is 8.81. The van der Waals surface area contributed by atoms with Gasteiger partial charge in [-0.2, -0.15) is 0 Å². The minimum Gasteiger partial charge on any atom is -0.507 e. The second-order valence-corrected chi connectivity index (χ2v) is 15.8. The number of likely N-dealkylation sites (N-methyl/N-ethyl adjacent to an activating group) is 1. The highest BCUT2D eigenvalue weighted by Gasteiger charge is 2.49. The first kappa shape index (κ1) is 39.9. The number of ether oxygens (including phenoxy) is 6. The third kappa shape index (κ3) is 7.13. The number of phenols is 4. The van der Waals surface area contributed by atoms with E-state index in [9.17, 15) is 40.5 Å². The molecule has 15 heteroatoms. The topological polar surface area (TPSA) is 217 Å². The Bertz CT molecular complexity index is 1910. The lowest BCUT2D eigenvalue weighted by Gasteiger charge is -2.48. The molecule has 0 aromatic heterocycles. The zero-order valence-corrected chi connectivity index (χ0v) is 31.9. The molecule has 15 nitrogen and oxygen atoms in total. The largest absolute Gasteiger partial charge is 0.507 e. The molecule has 0 radical (unpaired) electrons. The Labute approximate surface area is 318 Å². The number of rotatable bonds is 8. The number of aromatic hydroxyl groups is 4. The summed E-state index contributed by atoms with van der Waals surface area (Å²) < 4.78 is 37.4. The molecule has 3 aromatic carbocycles. The van der Waals surface area contributed by atoms with Crippen LogP contribution in [0.5, 0.6) is 23.0 Å². The van der Waals surface area contributed by atoms with E-state index in [-0.39, 0.29) is 81.7 Å². The van der Waals surface area contributed by atoms with Crippen LogP contribution in [0.1, 0.15) is 89.6 Å². The monoisotopic (exact) mass is 771 g/mol. The maximum Gasteiger partial charge on any atom is 0.161 e. The number of ketones is 1. The Hall–Kier alpha value is -3.35. The van der Waals surface area contributed by atoms with E-state index < -0.39 is 84.8 Å². The maximum atomic E-state index is 11.9. The molecule has 3 fully saturated rings. The quantitative estimate of drug-likeness (QED) is 0.128. The molecule has 4 aliphatic rings. The summed E-state index contributed by atoms with van der Waals surface area (Å²) in [5.41, 5.74) is -1.43. The number of aliphatic hydroxyl groups excluding tert-OH is 2. The van der Waals surface area contributed by atoms with Crippen molar-refractivity contribution < 1.29 is 69.0 Å². The number of nitrogens with zero attached hydrogens (tertiary/aromatic N) is 1. The van der Waals surface area contributed by atoms with Gasteiger partial charge in [-0.15, -0.1) is 0 Å². The van der Waals surface area contributed by atoms with E-state index in [0.717, 1.165) is 0 Å². The Balaban J connectivity index is 1.12. The fraction of sp³-hybridized carbons (Fsp3) is 0.625. The van der Waals surface area contributed by atoms with Crippen molar-refractivity contribution in [2.24, 2.45) is 0 Å². The molecule has 1 aliphatic carbocycles. The molecule has 55 heavy (non-hydrogen) atoms. The highest BCUT2D eigenvalue weighted by atomic mass is 16.7. The molecule has 13 atom stereocenters. The van der Waals surface area contributed by atoms with Gasteiger partial charge in [0.15, 0.2) is 24.7 Å². The van der Waals surface area contributed by atoms with Crippen molar-refractivity contribution in [1.82, 2.24) is 4.90 Å². The van der Waals surface area contributed by atoms with Crippen molar-refractivity contribution in [3.8, 4) is 23.0 Å². The van der Waals surface area contributed by atoms with Crippen LogP contribution in [0.2, 0.25) is 0 Å². The normalized spacial score (nSPS) is 37.1. The van der Waals surface area contributed by atoms with Crippen molar-refractivity contribution >= 4 is 27.3 Å². The molecule has 0 bridgehead atoms. The first-order valence-electron chi connectivity index (χ1n) is 19.1. The minimum atomic E-state index is -1.67. The number of fused-ring (bicyclic) bond motifs is 3. The predicted octanol–water partition coefficient (Wildman–Crippen LogP) is 3.88. The Morgan fingerprint density at radius 2 is 1.51 bits per heavy atom. The summed E-state index contributed by atoms with van der Waals surface area (Å²) >= 11 is 0. The average molecular weight is 772 g/mol. The van der Waals surface area contributed by atoms with E-state index in [0.29, 0.717) is 12.8 Å². The Kier molecular flexibility index (Phi) is 11.0. The van der Waals surface area contributed by atoms with Crippen LogP contribution in [0.4, 0.5) is 0 Å². The average Bonchev–Trinajstić information content (AvgIpc) is 3.13. The highest BCUT2D eigenvalue weighted by Crippen LogP contribution is 2.56. The maximum absolute atomic E-state index is 11.9. The third-order valence-electron chi connectivity index (χ3n) is 12.0. The molecule has 0 unspecified atom stereocenters. The number of benzene rings is 3. The van der Waals surface area contributed by atoms with Gasteiger partial charge in [0.2, 0.25) is 0 Å². The van der Waals surface area contributed by atoms with Gasteiger partial charge in [-0.25, -0.2) is 0 Å². The van der Waals surface area contributed by atoms with Gasteiger partial charge < -0.3 is 69.1 Å². The number of carbonyl (C=O) groups is 1.